The largest absolute Gasteiger partial charge is 0.469 e. The number of hydrogen-bond acceptors (Lipinski definition) is 6. The van der Waals surface area contributed by atoms with Crippen LogP contribution < -0.4 is 10.6 Å². The Morgan fingerprint density at radius 3 is 2.05 bits per heavy atom. The van der Waals surface area contributed by atoms with E-state index < -0.39 is 0 Å². The Bertz CT molecular complexity index is 219. The van der Waals surface area contributed by atoms with Crippen LogP contribution in [0.2, 0.25) is 0 Å². The molecule has 0 aliphatic carbocycles. The Kier molecular flexibility index (Phi) is 11.9. The predicted octanol–water partition coefficient (Wildman–Crippen LogP) is -0.778. The summed E-state index contributed by atoms with van der Waals surface area (Å²) in [6, 6.07) is 0. The van der Waals surface area contributed by atoms with Gasteiger partial charge in [0.15, 0.2) is 0 Å². The van der Waals surface area contributed by atoms with Gasteiger partial charge in [-0.05, 0) is 21.1 Å². The summed E-state index contributed by atoms with van der Waals surface area (Å²) in [7, 11) is 7.41. The molecular weight excluding hydrogens is 244 g/mol. The Hall–Kier alpha value is -0.690. The van der Waals surface area contributed by atoms with Gasteiger partial charge in [-0.2, -0.15) is 0 Å². The molecule has 2 N–H and O–H groups in total. The third-order valence-corrected chi connectivity index (χ3v) is 3.08. The average Bonchev–Trinajstić information content (AvgIpc) is 2.43. The van der Waals surface area contributed by atoms with Crippen molar-refractivity contribution in [1.82, 2.24) is 20.4 Å². The van der Waals surface area contributed by atoms with Crippen LogP contribution >= 0.6 is 0 Å². The Balaban J connectivity index is 3.83. The molecule has 0 amide bonds. The fourth-order valence-corrected chi connectivity index (χ4v) is 1.68. The van der Waals surface area contributed by atoms with Crippen LogP contribution in [0.3, 0.4) is 0 Å². The van der Waals surface area contributed by atoms with Crippen LogP contribution in [0.15, 0.2) is 0 Å². The van der Waals surface area contributed by atoms with Gasteiger partial charge in [0.2, 0.25) is 0 Å². The number of methoxy groups -OCH3 is 1. The van der Waals surface area contributed by atoms with Crippen molar-refractivity contribution >= 4 is 5.97 Å². The van der Waals surface area contributed by atoms with E-state index in [9.17, 15) is 4.79 Å². The minimum Gasteiger partial charge on any atom is -0.469 e. The SMILES string of the molecule is CNCCN(CCNC)CCN(C)CCC(=O)OC. The van der Waals surface area contributed by atoms with Crippen molar-refractivity contribution in [3.05, 3.63) is 0 Å². The normalized spacial score (nSPS) is 11.3. The van der Waals surface area contributed by atoms with Gasteiger partial charge in [-0.25, -0.2) is 0 Å². The van der Waals surface area contributed by atoms with Crippen LogP contribution in [0.25, 0.3) is 0 Å². The van der Waals surface area contributed by atoms with Gasteiger partial charge in [0.25, 0.3) is 0 Å². The highest BCUT2D eigenvalue weighted by atomic mass is 16.5. The summed E-state index contributed by atoms with van der Waals surface area (Å²) in [6.07, 6.45) is 0.458. The number of likely N-dealkylation sites (N-methyl/N-ethyl adjacent to an activating group) is 3. The number of esters is 1. The highest BCUT2D eigenvalue weighted by Gasteiger charge is 2.07. The smallest absolute Gasteiger partial charge is 0.306 e. The standard InChI is InChI=1S/C13H30N4O2/c1-14-6-9-17(10-7-15-2)12-11-16(3)8-5-13(18)19-4/h14-15H,5-12H2,1-4H3. The first-order chi connectivity index (χ1) is 9.13. The molecule has 0 rings (SSSR count). The van der Waals surface area contributed by atoms with Gasteiger partial charge in [-0.3, -0.25) is 9.69 Å². The molecule has 0 aromatic rings. The molecule has 0 saturated carbocycles. The maximum absolute atomic E-state index is 11.1. The Morgan fingerprint density at radius 2 is 1.58 bits per heavy atom. The molecule has 19 heavy (non-hydrogen) atoms. The van der Waals surface area contributed by atoms with Crippen molar-refractivity contribution in [3.8, 4) is 0 Å². The Morgan fingerprint density at radius 1 is 1.00 bits per heavy atom. The molecule has 0 radical (unpaired) electrons. The maximum atomic E-state index is 11.1. The topological polar surface area (TPSA) is 56.8 Å². The molecule has 0 saturated heterocycles. The van der Waals surface area contributed by atoms with Gasteiger partial charge in [0.05, 0.1) is 13.5 Å². The van der Waals surface area contributed by atoms with Gasteiger partial charge in [0.1, 0.15) is 0 Å². The number of nitrogens with zero attached hydrogens (tertiary/aromatic N) is 2. The first-order valence-corrected chi connectivity index (χ1v) is 6.91. The lowest BCUT2D eigenvalue weighted by atomic mass is 10.3. The molecule has 0 bridgehead atoms. The molecule has 0 unspecified atom stereocenters. The third kappa shape index (κ3) is 10.9. The van der Waals surface area contributed by atoms with E-state index in [0.717, 1.165) is 45.8 Å². The minimum atomic E-state index is -0.144. The van der Waals surface area contributed by atoms with Crippen molar-refractivity contribution < 1.29 is 9.53 Å². The summed E-state index contributed by atoms with van der Waals surface area (Å²) in [6.45, 7) is 6.81. The molecule has 0 aliphatic rings. The van der Waals surface area contributed by atoms with Crippen LogP contribution in [-0.4, -0.2) is 89.8 Å². The summed E-state index contributed by atoms with van der Waals surface area (Å²) in [4.78, 5) is 15.6. The molecule has 114 valence electrons. The highest BCUT2D eigenvalue weighted by molar-refractivity contribution is 5.69. The molecule has 0 aromatic carbocycles. The van der Waals surface area contributed by atoms with Gasteiger partial charge in [-0.15, -0.1) is 0 Å². The van der Waals surface area contributed by atoms with Crippen LogP contribution in [0, 0.1) is 0 Å². The Labute approximate surface area is 117 Å². The summed E-state index contributed by atoms with van der Waals surface area (Å²) in [5, 5.41) is 6.35. The number of carbonyl (C=O) groups excluding carboxylic acids is 1. The van der Waals surface area contributed by atoms with Crippen molar-refractivity contribution in [2.45, 2.75) is 6.42 Å². The van der Waals surface area contributed by atoms with Crippen molar-refractivity contribution in [2.75, 3.05) is 74.1 Å². The van der Waals surface area contributed by atoms with E-state index >= 15 is 0 Å². The summed E-state index contributed by atoms with van der Waals surface area (Å²) >= 11 is 0. The second-order valence-corrected chi connectivity index (χ2v) is 4.68. The minimum absolute atomic E-state index is 0.144. The average molecular weight is 274 g/mol. The van der Waals surface area contributed by atoms with E-state index in [-0.39, 0.29) is 5.97 Å². The van der Waals surface area contributed by atoms with E-state index in [0.29, 0.717) is 6.42 Å². The maximum Gasteiger partial charge on any atom is 0.306 e. The lowest BCUT2D eigenvalue weighted by Crippen LogP contribution is -2.40. The van der Waals surface area contributed by atoms with Crippen molar-refractivity contribution in [1.29, 1.82) is 0 Å². The van der Waals surface area contributed by atoms with Crippen molar-refractivity contribution in [2.24, 2.45) is 0 Å². The first-order valence-electron chi connectivity index (χ1n) is 6.91. The monoisotopic (exact) mass is 274 g/mol. The fourth-order valence-electron chi connectivity index (χ4n) is 1.68. The second kappa shape index (κ2) is 12.3. The summed E-state index contributed by atoms with van der Waals surface area (Å²) < 4.78 is 4.64. The van der Waals surface area contributed by atoms with Crippen LogP contribution in [-0.2, 0) is 9.53 Å². The van der Waals surface area contributed by atoms with Crippen LogP contribution in [0.5, 0.6) is 0 Å². The summed E-state index contributed by atoms with van der Waals surface area (Å²) in [5.41, 5.74) is 0. The zero-order valence-corrected chi connectivity index (χ0v) is 12.9. The quantitative estimate of drug-likeness (QED) is 0.456. The first kappa shape index (κ1) is 18.3. The lowest BCUT2D eigenvalue weighted by Gasteiger charge is -2.25. The van der Waals surface area contributed by atoms with Gasteiger partial charge < -0.3 is 20.3 Å². The summed E-state index contributed by atoms with van der Waals surface area (Å²) in [5.74, 6) is -0.144. The molecular formula is C13H30N4O2. The highest BCUT2D eigenvalue weighted by Crippen LogP contribution is 1.93. The van der Waals surface area contributed by atoms with Gasteiger partial charge in [-0.1, -0.05) is 0 Å². The number of ether oxygens (including phenoxy) is 1. The van der Waals surface area contributed by atoms with E-state index in [1.54, 1.807) is 0 Å². The molecule has 0 heterocycles. The molecule has 0 fully saturated rings. The number of hydrogen-bond donors (Lipinski definition) is 2. The van der Waals surface area contributed by atoms with Gasteiger partial charge in [0, 0.05) is 45.8 Å². The van der Waals surface area contributed by atoms with Crippen LogP contribution in [0.1, 0.15) is 6.42 Å². The zero-order valence-electron chi connectivity index (χ0n) is 12.9. The zero-order chi connectivity index (χ0) is 14.5. The number of rotatable bonds is 12. The molecule has 0 atom stereocenters. The number of nitrogens with one attached hydrogen (secondary N) is 2. The van der Waals surface area contributed by atoms with Crippen molar-refractivity contribution in [3.63, 3.8) is 0 Å². The van der Waals surface area contributed by atoms with E-state index in [1.807, 2.05) is 21.1 Å². The molecule has 0 aromatic heterocycles. The second-order valence-electron chi connectivity index (χ2n) is 4.68. The number of carbonyl (C=O) groups is 1. The fraction of sp³-hybridized carbons (Fsp3) is 0.923. The molecule has 0 aliphatic heterocycles. The predicted molar refractivity (Wildman–Crippen MR) is 78.4 cm³/mol. The van der Waals surface area contributed by atoms with E-state index in [2.05, 4.69) is 25.2 Å². The molecule has 6 heteroatoms. The molecule has 6 nitrogen and oxygen atoms in total. The van der Waals surface area contributed by atoms with E-state index in [4.69, 9.17) is 0 Å². The third-order valence-electron chi connectivity index (χ3n) is 3.08. The van der Waals surface area contributed by atoms with E-state index in [1.165, 1.54) is 7.11 Å². The van der Waals surface area contributed by atoms with Crippen LogP contribution in [0.4, 0.5) is 0 Å². The molecule has 0 spiro atoms. The lowest BCUT2D eigenvalue weighted by molar-refractivity contribution is -0.140. The van der Waals surface area contributed by atoms with Gasteiger partial charge >= 0.3 is 5.97 Å².